The molecule has 4 aromatic heterocycles. The molecule has 0 unspecified atom stereocenters. The fourth-order valence-electron chi connectivity index (χ4n) is 2.57. The van der Waals surface area contributed by atoms with Crippen LogP contribution in [-0.2, 0) is 13.0 Å². The zero-order valence-electron chi connectivity index (χ0n) is 12.8. The number of pyridine rings is 3. The van der Waals surface area contributed by atoms with E-state index in [-0.39, 0.29) is 0 Å². The van der Waals surface area contributed by atoms with Crippen LogP contribution in [0.4, 0.5) is 0 Å². The Bertz CT molecular complexity index is 981. The van der Waals surface area contributed by atoms with Crippen LogP contribution in [0, 0.1) is 0 Å². The van der Waals surface area contributed by atoms with Crippen LogP contribution in [0.1, 0.15) is 5.56 Å². The van der Waals surface area contributed by atoms with Gasteiger partial charge in [0, 0.05) is 42.5 Å². The van der Waals surface area contributed by atoms with Gasteiger partial charge in [0.2, 0.25) is 0 Å². The van der Waals surface area contributed by atoms with E-state index in [1.807, 2.05) is 59.9 Å². The third-order valence-electron chi connectivity index (χ3n) is 3.85. The normalized spacial score (nSPS) is 11.0. The highest BCUT2D eigenvalue weighted by atomic mass is 35.5. The molecule has 0 bridgehead atoms. The van der Waals surface area contributed by atoms with Gasteiger partial charge in [0.1, 0.15) is 5.15 Å². The molecular formula is C18H14ClN5. The zero-order valence-corrected chi connectivity index (χ0v) is 13.6. The van der Waals surface area contributed by atoms with E-state index in [1.54, 1.807) is 6.07 Å². The van der Waals surface area contributed by atoms with Gasteiger partial charge in [0.05, 0.1) is 17.2 Å². The van der Waals surface area contributed by atoms with Gasteiger partial charge < -0.3 is 0 Å². The van der Waals surface area contributed by atoms with Crippen LogP contribution in [0.15, 0.2) is 61.3 Å². The molecule has 4 aromatic rings. The first-order valence-corrected chi connectivity index (χ1v) is 8.00. The Balaban J connectivity index is 1.56. The van der Waals surface area contributed by atoms with Crippen LogP contribution in [0.5, 0.6) is 0 Å². The lowest BCUT2D eigenvalue weighted by molar-refractivity contribution is 0.615. The molecule has 0 fully saturated rings. The van der Waals surface area contributed by atoms with Crippen LogP contribution in [0.3, 0.4) is 0 Å². The van der Waals surface area contributed by atoms with Crippen molar-refractivity contribution in [3.8, 4) is 11.1 Å². The first-order chi connectivity index (χ1) is 11.8. The summed E-state index contributed by atoms with van der Waals surface area (Å²) in [5.41, 5.74) is 4.85. The number of hydrogen-bond donors (Lipinski definition) is 0. The standard InChI is InChI=1S/C18H14ClN5/c19-18-2-1-16-17(23-18)9-14(10-21-16)15-11-22-24(12-15)8-5-13-3-6-20-7-4-13/h1-4,6-7,9-12H,5,8H2. The summed E-state index contributed by atoms with van der Waals surface area (Å²) in [4.78, 5) is 12.8. The van der Waals surface area contributed by atoms with E-state index < -0.39 is 0 Å². The number of halogens is 1. The van der Waals surface area contributed by atoms with Gasteiger partial charge >= 0.3 is 0 Å². The first-order valence-electron chi connectivity index (χ1n) is 7.62. The van der Waals surface area contributed by atoms with Crippen LogP contribution in [0.2, 0.25) is 5.15 Å². The molecule has 0 aromatic carbocycles. The van der Waals surface area contributed by atoms with Crippen molar-refractivity contribution >= 4 is 22.6 Å². The number of aryl methyl sites for hydroxylation is 2. The molecule has 0 amide bonds. The Morgan fingerprint density at radius 2 is 1.83 bits per heavy atom. The average molecular weight is 336 g/mol. The Morgan fingerprint density at radius 1 is 0.958 bits per heavy atom. The summed E-state index contributed by atoms with van der Waals surface area (Å²) in [5.74, 6) is 0. The number of nitrogens with zero attached hydrogens (tertiary/aromatic N) is 5. The SMILES string of the molecule is Clc1ccc2ncc(-c3cnn(CCc4ccncc4)c3)cc2n1. The summed E-state index contributed by atoms with van der Waals surface area (Å²) in [6, 6.07) is 9.64. The maximum Gasteiger partial charge on any atom is 0.129 e. The lowest BCUT2D eigenvalue weighted by atomic mass is 10.1. The van der Waals surface area contributed by atoms with Crippen LogP contribution < -0.4 is 0 Å². The Kier molecular flexibility index (Phi) is 3.92. The quantitative estimate of drug-likeness (QED) is 0.532. The van der Waals surface area contributed by atoms with Gasteiger partial charge in [-0.05, 0) is 42.3 Å². The predicted octanol–water partition coefficient (Wildman–Crippen LogP) is 3.78. The summed E-state index contributed by atoms with van der Waals surface area (Å²) in [7, 11) is 0. The smallest absolute Gasteiger partial charge is 0.129 e. The van der Waals surface area contributed by atoms with E-state index in [9.17, 15) is 0 Å². The maximum absolute atomic E-state index is 5.96. The van der Waals surface area contributed by atoms with Crippen molar-refractivity contribution in [2.45, 2.75) is 13.0 Å². The van der Waals surface area contributed by atoms with Crippen LogP contribution in [-0.4, -0.2) is 24.7 Å². The number of aromatic nitrogens is 5. The van der Waals surface area contributed by atoms with Gasteiger partial charge in [-0.3, -0.25) is 14.6 Å². The minimum absolute atomic E-state index is 0.467. The van der Waals surface area contributed by atoms with E-state index in [0.29, 0.717) is 5.15 Å². The minimum atomic E-state index is 0.467. The fraction of sp³-hybridized carbons (Fsp3) is 0.111. The lowest BCUT2D eigenvalue weighted by Crippen LogP contribution is -2.01. The largest absolute Gasteiger partial charge is 0.272 e. The molecule has 0 N–H and O–H groups in total. The summed E-state index contributed by atoms with van der Waals surface area (Å²) < 4.78 is 1.94. The summed E-state index contributed by atoms with van der Waals surface area (Å²) in [6.45, 7) is 0.815. The first kappa shape index (κ1) is 14.8. The Morgan fingerprint density at radius 3 is 2.71 bits per heavy atom. The summed E-state index contributed by atoms with van der Waals surface area (Å²) >= 11 is 5.96. The highest BCUT2D eigenvalue weighted by molar-refractivity contribution is 6.29. The second-order valence-corrected chi connectivity index (χ2v) is 5.88. The summed E-state index contributed by atoms with van der Waals surface area (Å²) in [5, 5.41) is 4.90. The third kappa shape index (κ3) is 3.12. The molecule has 0 atom stereocenters. The topological polar surface area (TPSA) is 56.5 Å². The molecule has 0 aliphatic heterocycles. The van der Waals surface area contributed by atoms with E-state index in [4.69, 9.17) is 11.6 Å². The zero-order chi connectivity index (χ0) is 16.4. The molecule has 118 valence electrons. The molecule has 5 nitrogen and oxygen atoms in total. The van der Waals surface area contributed by atoms with E-state index >= 15 is 0 Å². The number of rotatable bonds is 4. The highest BCUT2D eigenvalue weighted by Crippen LogP contribution is 2.22. The highest BCUT2D eigenvalue weighted by Gasteiger charge is 2.06. The number of fused-ring (bicyclic) bond motifs is 1. The third-order valence-corrected chi connectivity index (χ3v) is 4.06. The molecule has 6 heteroatoms. The van der Waals surface area contributed by atoms with Crippen molar-refractivity contribution in [1.82, 2.24) is 24.7 Å². The van der Waals surface area contributed by atoms with Gasteiger partial charge in [-0.25, -0.2) is 4.98 Å². The van der Waals surface area contributed by atoms with Crippen LogP contribution >= 0.6 is 11.6 Å². The van der Waals surface area contributed by atoms with Crippen molar-refractivity contribution in [2.75, 3.05) is 0 Å². The van der Waals surface area contributed by atoms with Gasteiger partial charge in [-0.2, -0.15) is 5.10 Å². The molecular weight excluding hydrogens is 322 g/mol. The van der Waals surface area contributed by atoms with Gasteiger partial charge in [0.25, 0.3) is 0 Å². The second-order valence-electron chi connectivity index (χ2n) is 5.49. The molecule has 0 radical (unpaired) electrons. The predicted molar refractivity (Wildman–Crippen MR) is 93.7 cm³/mol. The molecule has 0 aliphatic carbocycles. The van der Waals surface area contributed by atoms with Crippen molar-refractivity contribution < 1.29 is 0 Å². The van der Waals surface area contributed by atoms with E-state index in [0.717, 1.165) is 35.1 Å². The molecule has 0 spiro atoms. The van der Waals surface area contributed by atoms with Gasteiger partial charge in [0.15, 0.2) is 0 Å². The van der Waals surface area contributed by atoms with Crippen molar-refractivity contribution in [3.05, 3.63) is 72.0 Å². The Hall–Kier alpha value is -2.79. The van der Waals surface area contributed by atoms with Crippen molar-refractivity contribution in [2.24, 2.45) is 0 Å². The molecule has 4 rings (SSSR count). The number of hydrogen-bond acceptors (Lipinski definition) is 4. The van der Waals surface area contributed by atoms with Crippen molar-refractivity contribution in [3.63, 3.8) is 0 Å². The van der Waals surface area contributed by atoms with E-state index in [2.05, 4.69) is 20.1 Å². The molecule has 24 heavy (non-hydrogen) atoms. The van der Waals surface area contributed by atoms with E-state index in [1.165, 1.54) is 5.56 Å². The molecule has 0 aliphatic rings. The van der Waals surface area contributed by atoms with Gasteiger partial charge in [-0.15, -0.1) is 0 Å². The Labute approximate surface area is 144 Å². The molecule has 0 saturated heterocycles. The average Bonchev–Trinajstić information content (AvgIpc) is 3.09. The second kappa shape index (κ2) is 6.37. The minimum Gasteiger partial charge on any atom is -0.272 e. The molecule has 4 heterocycles. The summed E-state index contributed by atoms with van der Waals surface area (Å²) in [6.07, 6.45) is 10.2. The fourth-order valence-corrected chi connectivity index (χ4v) is 2.72. The lowest BCUT2D eigenvalue weighted by Gasteiger charge is -2.02. The molecule has 0 saturated carbocycles. The van der Waals surface area contributed by atoms with Gasteiger partial charge in [-0.1, -0.05) is 11.6 Å². The van der Waals surface area contributed by atoms with Crippen molar-refractivity contribution in [1.29, 1.82) is 0 Å². The van der Waals surface area contributed by atoms with Crippen LogP contribution in [0.25, 0.3) is 22.2 Å². The monoisotopic (exact) mass is 335 g/mol. The maximum atomic E-state index is 5.96.